The number of rotatable bonds is 5. The molecular weight excluding hydrogens is 550 g/mol. The van der Waals surface area contributed by atoms with Gasteiger partial charge in [0.05, 0.1) is 11.3 Å². The minimum absolute atomic E-state index is 0.0220. The van der Waals surface area contributed by atoms with Crippen molar-refractivity contribution in [3.8, 4) is 0 Å². The third-order valence-electron chi connectivity index (χ3n) is 7.83. The first-order valence-electron chi connectivity index (χ1n) is 13.2. The van der Waals surface area contributed by atoms with Crippen molar-refractivity contribution in [2.75, 3.05) is 32.7 Å². The van der Waals surface area contributed by atoms with Crippen LogP contribution in [0.1, 0.15) is 58.9 Å². The molecule has 14 heteroatoms. The Morgan fingerprint density at radius 1 is 1.02 bits per heavy atom. The zero-order valence-electron chi connectivity index (χ0n) is 22.9. The highest BCUT2D eigenvalue weighted by atomic mass is 19.4. The Labute approximate surface area is 233 Å². The second kappa shape index (κ2) is 11.6. The van der Waals surface area contributed by atoms with Crippen LogP contribution >= 0.6 is 0 Å². The summed E-state index contributed by atoms with van der Waals surface area (Å²) in [5, 5.41) is 7.31. The highest BCUT2D eigenvalue weighted by molar-refractivity contribution is 5.95. The van der Waals surface area contributed by atoms with Gasteiger partial charge in [0.2, 0.25) is 5.91 Å². The van der Waals surface area contributed by atoms with Crippen LogP contribution in [0.15, 0.2) is 23.0 Å². The van der Waals surface area contributed by atoms with E-state index in [0.717, 1.165) is 5.06 Å². The highest BCUT2D eigenvalue weighted by Gasteiger charge is 2.50. The van der Waals surface area contributed by atoms with Crippen molar-refractivity contribution in [1.82, 2.24) is 25.1 Å². The second-order valence-electron chi connectivity index (χ2n) is 10.5. The number of carbonyl (C=O) groups is 3. The molecule has 1 aromatic carbocycles. The van der Waals surface area contributed by atoms with Gasteiger partial charge >= 0.3 is 12.1 Å². The molecule has 1 aromatic heterocycles. The lowest BCUT2D eigenvalue weighted by Gasteiger charge is -2.45. The maximum absolute atomic E-state index is 14.7. The quantitative estimate of drug-likeness (QED) is 0.540. The Bertz CT molecular complexity index is 1400. The van der Waals surface area contributed by atoms with E-state index in [1.807, 2.05) is 0 Å². The number of amides is 2. The number of piperazine rings is 1. The van der Waals surface area contributed by atoms with Crippen LogP contribution in [0.2, 0.25) is 0 Å². The molecule has 1 N–H and O–H groups in total. The van der Waals surface area contributed by atoms with Gasteiger partial charge in [0.25, 0.3) is 11.5 Å². The Morgan fingerprint density at radius 2 is 1.68 bits per heavy atom. The number of hydroxylamine groups is 2. The average molecular weight is 582 g/mol. The van der Waals surface area contributed by atoms with E-state index >= 15 is 0 Å². The van der Waals surface area contributed by atoms with E-state index in [-0.39, 0.29) is 56.7 Å². The van der Waals surface area contributed by atoms with Gasteiger partial charge in [0, 0.05) is 44.7 Å². The molecular formula is C27H31F4N5O5. The van der Waals surface area contributed by atoms with Crippen LogP contribution in [0, 0.1) is 19.7 Å². The number of hydrogen-bond acceptors (Lipinski definition) is 7. The van der Waals surface area contributed by atoms with E-state index in [1.54, 1.807) is 13.8 Å². The largest absolute Gasteiger partial charge is 0.492 e. The molecule has 3 heterocycles. The first-order valence-corrected chi connectivity index (χ1v) is 13.2. The number of aromatic nitrogens is 2. The molecule has 0 aliphatic carbocycles. The van der Waals surface area contributed by atoms with Gasteiger partial charge in [-0.3, -0.25) is 14.4 Å². The number of nitrogens with zero attached hydrogens (tertiary/aromatic N) is 4. The van der Waals surface area contributed by atoms with Gasteiger partial charge in [-0.05, 0) is 63.3 Å². The number of aromatic amines is 1. The molecule has 0 spiro atoms. The highest BCUT2D eigenvalue weighted by Crippen LogP contribution is 2.32. The monoisotopic (exact) mass is 581 g/mol. The van der Waals surface area contributed by atoms with E-state index in [1.165, 1.54) is 34.9 Å². The summed E-state index contributed by atoms with van der Waals surface area (Å²) in [4.78, 5) is 57.3. The van der Waals surface area contributed by atoms with Gasteiger partial charge < -0.3 is 14.6 Å². The molecule has 2 fully saturated rings. The summed E-state index contributed by atoms with van der Waals surface area (Å²) in [5.41, 5.74) is 0.485. The molecule has 2 saturated heterocycles. The van der Waals surface area contributed by atoms with E-state index < -0.39 is 35.3 Å². The smallest absolute Gasteiger partial charge is 0.360 e. The van der Waals surface area contributed by atoms with Crippen LogP contribution in [0.5, 0.6) is 0 Å². The Morgan fingerprint density at radius 3 is 2.34 bits per heavy atom. The lowest BCUT2D eigenvalue weighted by atomic mass is 9.88. The molecule has 1 unspecified atom stereocenters. The molecule has 2 aliphatic heterocycles. The standard InChI is InChI=1S/C27H31F4N5O5/c1-16-17(2)22(37)33-32-21(16)15-18-6-7-20(28)19(14-18)23(38)34-10-12-35(13-11-34)24(39)26(3)8-4-5-9-36(26)41-25(40)27(29,30)31/h6-7,14H,4-5,8-13,15H2,1-3H3,(H,33,37). The first-order chi connectivity index (χ1) is 19.2. The van der Waals surface area contributed by atoms with Crippen molar-refractivity contribution in [3.05, 3.63) is 62.3 Å². The van der Waals surface area contributed by atoms with Gasteiger partial charge in [0.15, 0.2) is 0 Å². The predicted molar refractivity (Wildman–Crippen MR) is 137 cm³/mol. The molecule has 2 aliphatic rings. The van der Waals surface area contributed by atoms with Crippen molar-refractivity contribution in [1.29, 1.82) is 0 Å². The molecule has 222 valence electrons. The number of nitrogens with one attached hydrogen (secondary N) is 1. The number of alkyl halides is 3. The second-order valence-corrected chi connectivity index (χ2v) is 10.5. The molecule has 0 bridgehead atoms. The number of H-pyrrole nitrogens is 1. The SMILES string of the molecule is Cc1c(Cc2ccc(F)c(C(=O)N3CCN(C(=O)C4(C)CCCCN4OC(=O)C(F)(F)F)CC3)c2)n[nH]c(=O)c1C. The summed E-state index contributed by atoms with van der Waals surface area (Å²) in [5.74, 6) is -4.17. The van der Waals surface area contributed by atoms with Gasteiger partial charge in [0.1, 0.15) is 11.4 Å². The van der Waals surface area contributed by atoms with Gasteiger partial charge in [-0.15, -0.1) is 5.06 Å². The molecule has 1 atom stereocenters. The lowest BCUT2D eigenvalue weighted by Crippen LogP contribution is -2.63. The molecule has 2 amide bonds. The fraction of sp³-hybridized carbons (Fsp3) is 0.519. The van der Waals surface area contributed by atoms with E-state index in [0.29, 0.717) is 35.2 Å². The first kappa shape index (κ1) is 30.2. The molecule has 0 saturated carbocycles. The van der Waals surface area contributed by atoms with Gasteiger partial charge in [-0.2, -0.15) is 18.3 Å². The number of hydrogen-bond donors (Lipinski definition) is 1. The van der Waals surface area contributed by atoms with Gasteiger partial charge in [-0.1, -0.05) is 6.07 Å². The van der Waals surface area contributed by atoms with Gasteiger partial charge in [-0.25, -0.2) is 14.3 Å². The third kappa shape index (κ3) is 6.26. The van der Waals surface area contributed by atoms with E-state index in [4.69, 9.17) is 0 Å². The van der Waals surface area contributed by atoms with Crippen molar-refractivity contribution in [2.45, 2.75) is 58.2 Å². The number of piperidine rings is 1. The van der Waals surface area contributed by atoms with Crippen molar-refractivity contribution in [3.63, 3.8) is 0 Å². The predicted octanol–water partition coefficient (Wildman–Crippen LogP) is 2.67. The molecule has 2 aromatic rings. The normalized spacial score (nSPS) is 20.2. The Balaban J connectivity index is 1.43. The van der Waals surface area contributed by atoms with Crippen molar-refractivity contribution in [2.24, 2.45) is 0 Å². The maximum atomic E-state index is 14.7. The summed E-state index contributed by atoms with van der Waals surface area (Å²) in [6.45, 7) is 5.15. The number of benzene rings is 1. The summed E-state index contributed by atoms with van der Waals surface area (Å²) in [6, 6.07) is 4.16. The topological polar surface area (TPSA) is 116 Å². The molecule has 4 rings (SSSR count). The summed E-state index contributed by atoms with van der Waals surface area (Å²) in [7, 11) is 0. The van der Waals surface area contributed by atoms with Crippen LogP contribution in [-0.4, -0.2) is 87.3 Å². The minimum atomic E-state index is -5.20. The zero-order valence-corrected chi connectivity index (χ0v) is 22.9. The Kier molecular flexibility index (Phi) is 8.52. The van der Waals surface area contributed by atoms with Crippen LogP contribution in [0.3, 0.4) is 0 Å². The summed E-state index contributed by atoms with van der Waals surface area (Å²) >= 11 is 0. The number of carbonyl (C=O) groups excluding carboxylic acids is 3. The van der Waals surface area contributed by atoms with Crippen LogP contribution < -0.4 is 5.56 Å². The third-order valence-corrected chi connectivity index (χ3v) is 7.83. The van der Waals surface area contributed by atoms with Crippen molar-refractivity contribution >= 4 is 17.8 Å². The lowest BCUT2D eigenvalue weighted by molar-refractivity contribution is -0.262. The molecule has 10 nitrogen and oxygen atoms in total. The number of halogens is 4. The minimum Gasteiger partial charge on any atom is -0.360 e. The maximum Gasteiger partial charge on any atom is 0.492 e. The van der Waals surface area contributed by atoms with Crippen molar-refractivity contribution < 1.29 is 36.8 Å². The zero-order chi connectivity index (χ0) is 30.1. The van der Waals surface area contributed by atoms with Crippen LogP contribution in [-0.2, 0) is 20.8 Å². The fourth-order valence-electron chi connectivity index (χ4n) is 5.12. The Hall–Kier alpha value is -3.81. The summed E-state index contributed by atoms with van der Waals surface area (Å²) < 4.78 is 53.2. The summed E-state index contributed by atoms with van der Waals surface area (Å²) in [6.07, 6.45) is -3.73. The van der Waals surface area contributed by atoms with Crippen LogP contribution in [0.4, 0.5) is 17.6 Å². The average Bonchev–Trinajstić information content (AvgIpc) is 2.94. The molecule has 0 radical (unpaired) electrons. The van der Waals surface area contributed by atoms with E-state index in [9.17, 15) is 36.7 Å². The van der Waals surface area contributed by atoms with E-state index in [2.05, 4.69) is 15.0 Å². The van der Waals surface area contributed by atoms with Crippen LogP contribution in [0.25, 0.3) is 0 Å². The molecule has 41 heavy (non-hydrogen) atoms. The fourth-order valence-corrected chi connectivity index (χ4v) is 5.12.